The molecule has 0 aromatic heterocycles. The number of hydrogen-bond acceptors (Lipinski definition) is 3. The fraction of sp³-hybridized carbons (Fsp3) is 0.333. The molecule has 1 saturated heterocycles. The number of benzene rings is 2. The Morgan fingerprint density at radius 1 is 1.10 bits per heavy atom. The Morgan fingerprint density at radius 2 is 1.73 bits per heavy atom. The first-order valence-electron chi connectivity index (χ1n) is 9.29. The molecule has 1 aliphatic heterocycles. The number of nitrogens with zero attached hydrogens (tertiary/aromatic N) is 1. The molecule has 30 heavy (non-hydrogen) atoms. The van der Waals surface area contributed by atoms with Crippen molar-refractivity contribution in [1.29, 1.82) is 0 Å². The Balaban J connectivity index is 1.60. The summed E-state index contributed by atoms with van der Waals surface area (Å²) in [7, 11) is 0. The quantitative estimate of drug-likeness (QED) is 0.673. The van der Waals surface area contributed by atoms with Crippen molar-refractivity contribution in [2.75, 3.05) is 6.54 Å². The topological polar surface area (TPSA) is 49.4 Å². The van der Waals surface area contributed by atoms with Gasteiger partial charge in [-0.3, -0.25) is 9.59 Å². The van der Waals surface area contributed by atoms with Crippen LogP contribution >= 0.6 is 11.8 Å². The number of hydrogen-bond donors (Lipinski definition) is 1. The lowest BCUT2D eigenvalue weighted by Gasteiger charge is -2.24. The van der Waals surface area contributed by atoms with Crippen molar-refractivity contribution in [1.82, 2.24) is 10.2 Å². The van der Waals surface area contributed by atoms with Crippen LogP contribution in [0.1, 0.15) is 35.4 Å². The van der Waals surface area contributed by atoms with E-state index in [1.54, 1.807) is 19.1 Å². The van der Waals surface area contributed by atoms with Gasteiger partial charge in [-0.1, -0.05) is 24.3 Å². The zero-order valence-electron chi connectivity index (χ0n) is 16.1. The lowest BCUT2D eigenvalue weighted by atomic mass is 10.1. The molecule has 1 aliphatic rings. The highest BCUT2D eigenvalue weighted by Crippen LogP contribution is 2.43. The maximum Gasteiger partial charge on any atom is 0.416 e. The van der Waals surface area contributed by atoms with E-state index in [9.17, 15) is 27.2 Å². The van der Waals surface area contributed by atoms with Crippen molar-refractivity contribution in [3.05, 3.63) is 71.0 Å². The van der Waals surface area contributed by atoms with E-state index in [4.69, 9.17) is 0 Å². The van der Waals surface area contributed by atoms with Gasteiger partial charge in [-0.15, -0.1) is 11.8 Å². The summed E-state index contributed by atoms with van der Waals surface area (Å²) < 4.78 is 51.3. The van der Waals surface area contributed by atoms with Crippen LogP contribution in [-0.4, -0.2) is 28.5 Å². The summed E-state index contributed by atoms with van der Waals surface area (Å²) in [5, 5.41) is 1.92. The molecule has 3 rings (SSSR count). The molecule has 160 valence electrons. The Morgan fingerprint density at radius 3 is 2.33 bits per heavy atom. The third-order valence-electron chi connectivity index (χ3n) is 4.75. The molecule has 0 bridgehead atoms. The van der Waals surface area contributed by atoms with E-state index in [1.807, 2.05) is 0 Å². The minimum atomic E-state index is -4.42. The number of carbonyl (C=O) groups is 2. The predicted molar refractivity (Wildman–Crippen MR) is 106 cm³/mol. The lowest BCUT2D eigenvalue weighted by Crippen LogP contribution is -2.34. The van der Waals surface area contributed by atoms with Gasteiger partial charge in [0.2, 0.25) is 11.8 Å². The highest BCUT2D eigenvalue weighted by atomic mass is 32.2. The first-order chi connectivity index (χ1) is 14.1. The summed E-state index contributed by atoms with van der Waals surface area (Å²) in [6, 6.07) is 10.5. The number of rotatable bonds is 6. The van der Waals surface area contributed by atoms with Crippen LogP contribution in [0.4, 0.5) is 17.6 Å². The van der Waals surface area contributed by atoms with Gasteiger partial charge in [0.15, 0.2) is 0 Å². The minimum absolute atomic E-state index is 0.0529. The molecule has 0 unspecified atom stereocenters. The zero-order valence-corrected chi connectivity index (χ0v) is 16.9. The fourth-order valence-corrected chi connectivity index (χ4v) is 4.42. The number of thioether (sulfide) groups is 1. The molecule has 2 atom stereocenters. The zero-order chi connectivity index (χ0) is 21.9. The first-order valence-corrected chi connectivity index (χ1v) is 10.2. The highest BCUT2D eigenvalue weighted by Gasteiger charge is 2.39. The van der Waals surface area contributed by atoms with Gasteiger partial charge in [0.25, 0.3) is 0 Å². The Hall–Kier alpha value is -2.55. The summed E-state index contributed by atoms with van der Waals surface area (Å²) >= 11 is 1.34. The van der Waals surface area contributed by atoms with Gasteiger partial charge in [0.05, 0.1) is 10.8 Å². The molecule has 9 heteroatoms. The van der Waals surface area contributed by atoms with Gasteiger partial charge >= 0.3 is 6.18 Å². The maximum atomic E-state index is 12.9. The van der Waals surface area contributed by atoms with E-state index in [2.05, 4.69) is 5.32 Å². The maximum absolute atomic E-state index is 12.9. The molecule has 0 spiro atoms. The smallest absolute Gasteiger partial charge is 0.352 e. The Labute approximate surface area is 175 Å². The standard InChI is InChI=1S/C21H20F4N2O2S/c1-13-19(29)27(11-10-18(28)26-12-14-2-8-17(22)9-3-14)20(30-13)15-4-6-16(7-5-15)21(23,24)25/h2-9,13,20H,10-12H2,1H3,(H,26,28)/t13-,20+/m1/s1. The van der Waals surface area contributed by atoms with Gasteiger partial charge in [-0.2, -0.15) is 13.2 Å². The summed E-state index contributed by atoms with van der Waals surface area (Å²) in [6.07, 6.45) is -4.37. The molecular formula is C21H20F4N2O2S. The molecule has 0 saturated carbocycles. The molecule has 0 aliphatic carbocycles. The van der Waals surface area contributed by atoms with E-state index in [1.165, 1.54) is 40.9 Å². The van der Waals surface area contributed by atoms with Crippen LogP contribution in [0, 0.1) is 5.82 Å². The molecule has 1 fully saturated rings. The van der Waals surface area contributed by atoms with E-state index in [-0.39, 0.29) is 42.4 Å². The van der Waals surface area contributed by atoms with E-state index in [0.717, 1.165) is 17.7 Å². The second kappa shape index (κ2) is 9.07. The number of halogens is 4. The lowest BCUT2D eigenvalue weighted by molar-refractivity contribution is -0.137. The van der Waals surface area contributed by atoms with Gasteiger partial charge in [0, 0.05) is 19.5 Å². The molecule has 4 nitrogen and oxygen atoms in total. The average Bonchev–Trinajstić information content (AvgIpc) is 2.99. The summed E-state index contributed by atoms with van der Waals surface area (Å²) in [4.78, 5) is 26.2. The van der Waals surface area contributed by atoms with E-state index < -0.39 is 17.1 Å². The molecule has 2 aromatic carbocycles. The molecule has 0 radical (unpaired) electrons. The van der Waals surface area contributed by atoms with Crippen molar-refractivity contribution in [2.45, 2.75) is 36.7 Å². The molecule has 1 heterocycles. The van der Waals surface area contributed by atoms with Crippen LogP contribution in [0.25, 0.3) is 0 Å². The second-order valence-electron chi connectivity index (χ2n) is 6.94. The normalized spacial score (nSPS) is 19.2. The summed E-state index contributed by atoms with van der Waals surface area (Å²) in [5.41, 5.74) is 0.576. The van der Waals surface area contributed by atoms with Crippen LogP contribution in [0.15, 0.2) is 48.5 Å². The molecule has 2 aromatic rings. The van der Waals surface area contributed by atoms with Crippen LogP contribution in [0.5, 0.6) is 0 Å². The molecular weight excluding hydrogens is 420 g/mol. The summed E-state index contributed by atoms with van der Waals surface area (Å²) in [6.45, 7) is 2.12. The van der Waals surface area contributed by atoms with Crippen LogP contribution in [0.2, 0.25) is 0 Å². The highest BCUT2D eigenvalue weighted by molar-refractivity contribution is 8.01. The van der Waals surface area contributed by atoms with Crippen molar-refractivity contribution in [3.8, 4) is 0 Å². The van der Waals surface area contributed by atoms with Crippen molar-refractivity contribution >= 4 is 23.6 Å². The van der Waals surface area contributed by atoms with Gasteiger partial charge in [-0.05, 0) is 42.3 Å². The number of nitrogens with one attached hydrogen (secondary N) is 1. The monoisotopic (exact) mass is 440 g/mol. The third-order valence-corrected chi connectivity index (χ3v) is 6.15. The van der Waals surface area contributed by atoms with Crippen LogP contribution < -0.4 is 5.32 Å². The second-order valence-corrected chi connectivity index (χ2v) is 8.36. The first kappa shape index (κ1) is 22.1. The van der Waals surface area contributed by atoms with Gasteiger partial charge in [-0.25, -0.2) is 4.39 Å². The minimum Gasteiger partial charge on any atom is -0.352 e. The van der Waals surface area contributed by atoms with Crippen molar-refractivity contribution in [3.63, 3.8) is 0 Å². The van der Waals surface area contributed by atoms with Gasteiger partial charge in [0.1, 0.15) is 11.2 Å². The van der Waals surface area contributed by atoms with Crippen LogP contribution in [0.3, 0.4) is 0 Å². The number of alkyl halides is 3. The number of carbonyl (C=O) groups excluding carboxylic acids is 2. The van der Waals surface area contributed by atoms with Crippen molar-refractivity contribution < 1.29 is 27.2 Å². The van der Waals surface area contributed by atoms with E-state index >= 15 is 0 Å². The van der Waals surface area contributed by atoms with E-state index in [0.29, 0.717) is 5.56 Å². The van der Waals surface area contributed by atoms with Gasteiger partial charge < -0.3 is 10.2 Å². The third kappa shape index (κ3) is 5.33. The fourth-order valence-electron chi connectivity index (χ4n) is 3.11. The van der Waals surface area contributed by atoms with Crippen molar-refractivity contribution in [2.24, 2.45) is 0 Å². The molecule has 2 amide bonds. The Bertz CT molecular complexity index is 901. The van der Waals surface area contributed by atoms with Crippen LogP contribution in [-0.2, 0) is 22.3 Å². The molecule has 1 N–H and O–H groups in total. The average molecular weight is 440 g/mol. The predicted octanol–water partition coefficient (Wildman–Crippen LogP) is 4.51. The number of amides is 2. The summed E-state index contributed by atoms with van der Waals surface area (Å²) in [5.74, 6) is -0.794. The Kier molecular flexibility index (Phi) is 6.70. The largest absolute Gasteiger partial charge is 0.416 e. The SMILES string of the molecule is C[C@H]1S[C@@H](c2ccc(C(F)(F)F)cc2)N(CCC(=O)NCc2ccc(F)cc2)C1=O.